The summed E-state index contributed by atoms with van der Waals surface area (Å²) in [5.74, 6) is -0.623. The van der Waals surface area contributed by atoms with Crippen molar-refractivity contribution >= 4 is 34.9 Å². The molecule has 0 unspecified atom stereocenters. The number of benzene rings is 1. The van der Waals surface area contributed by atoms with Crippen molar-refractivity contribution in [1.29, 1.82) is 0 Å². The minimum atomic E-state index is -0.715. The lowest BCUT2D eigenvalue weighted by atomic mass is 9.80. The van der Waals surface area contributed by atoms with Gasteiger partial charge in [0.25, 0.3) is 5.91 Å². The van der Waals surface area contributed by atoms with E-state index >= 15 is 0 Å². The summed E-state index contributed by atoms with van der Waals surface area (Å²) in [5, 5.41) is 13.5. The number of ether oxygens (including phenoxy) is 1. The molecule has 0 aliphatic carbocycles. The zero-order valence-corrected chi connectivity index (χ0v) is 19.1. The highest BCUT2D eigenvalue weighted by Gasteiger charge is 2.41. The van der Waals surface area contributed by atoms with Crippen molar-refractivity contribution in [2.45, 2.75) is 37.8 Å². The van der Waals surface area contributed by atoms with E-state index in [-0.39, 0.29) is 30.2 Å². The molecule has 1 aromatic carbocycles. The van der Waals surface area contributed by atoms with Gasteiger partial charge in [0.1, 0.15) is 11.4 Å². The molecule has 1 saturated heterocycles. The van der Waals surface area contributed by atoms with Gasteiger partial charge in [0.15, 0.2) is 5.82 Å². The second-order valence-corrected chi connectivity index (χ2v) is 9.12. The van der Waals surface area contributed by atoms with E-state index in [1.54, 1.807) is 26.2 Å². The van der Waals surface area contributed by atoms with E-state index in [1.165, 1.54) is 4.90 Å². The Labute approximate surface area is 190 Å². The van der Waals surface area contributed by atoms with Crippen LogP contribution < -0.4 is 5.32 Å². The van der Waals surface area contributed by atoms with Gasteiger partial charge in [-0.15, -0.1) is 0 Å². The first kappa shape index (κ1) is 22.6. The van der Waals surface area contributed by atoms with Crippen LogP contribution in [0.4, 0.5) is 16.0 Å². The number of aliphatic imine (C=N–C) groups is 1. The van der Waals surface area contributed by atoms with Crippen LogP contribution in [-0.4, -0.2) is 71.0 Å². The van der Waals surface area contributed by atoms with E-state index in [0.29, 0.717) is 35.0 Å². The molecule has 10 heteroatoms. The van der Waals surface area contributed by atoms with Crippen LogP contribution in [0.25, 0.3) is 11.3 Å². The quantitative estimate of drug-likeness (QED) is 0.726. The SMILES string of the molecule is CN(C)C(=O)C1=Nc2c(Cl)cc(-c3nc(N[C@@H]4CCOC[C@H]4O)ncc3F)cc2C1(C)C. The maximum Gasteiger partial charge on any atom is 0.268 e. The molecule has 2 aliphatic heterocycles. The minimum absolute atomic E-state index is 0.0666. The largest absolute Gasteiger partial charge is 0.389 e. The number of carbonyl (C=O) groups is 1. The maximum absolute atomic E-state index is 14.7. The average molecular weight is 462 g/mol. The van der Waals surface area contributed by atoms with E-state index in [4.69, 9.17) is 16.3 Å². The lowest BCUT2D eigenvalue weighted by molar-refractivity contribution is -0.122. The number of carbonyl (C=O) groups excluding carboxylic acids is 1. The maximum atomic E-state index is 14.7. The Bertz CT molecular complexity index is 1110. The van der Waals surface area contributed by atoms with Crippen molar-refractivity contribution in [3.05, 3.63) is 34.7 Å². The second kappa shape index (κ2) is 8.38. The van der Waals surface area contributed by atoms with Crippen LogP contribution in [0.1, 0.15) is 25.8 Å². The molecular formula is C22H25ClFN5O3. The topological polar surface area (TPSA) is 99.9 Å². The number of hydrogen-bond acceptors (Lipinski definition) is 7. The van der Waals surface area contributed by atoms with Crippen molar-refractivity contribution in [2.24, 2.45) is 4.99 Å². The third-order valence-electron chi connectivity index (χ3n) is 5.82. The first-order valence-electron chi connectivity index (χ1n) is 10.3. The highest BCUT2D eigenvalue weighted by atomic mass is 35.5. The second-order valence-electron chi connectivity index (χ2n) is 8.71. The molecule has 2 aromatic rings. The van der Waals surface area contributed by atoms with Gasteiger partial charge in [-0.05, 0) is 38.0 Å². The van der Waals surface area contributed by atoms with Crippen molar-refractivity contribution in [3.63, 3.8) is 0 Å². The van der Waals surface area contributed by atoms with Gasteiger partial charge in [0.2, 0.25) is 5.95 Å². The highest BCUT2D eigenvalue weighted by Crippen LogP contribution is 2.46. The van der Waals surface area contributed by atoms with Crippen LogP contribution in [0.2, 0.25) is 5.02 Å². The fourth-order valence-corrected chi connectivity index (χ4v) is 4.19. The van der Waals surface area contributed by atoms with Crippen LogP contribution in [-0.2, 0) is 14.9 Å². The number of fused-ring (bicyclic) bond motifs is 1. The van der Waals surface area contributed by atoms with Gasteiger partial charge >= 0.3 is 0 Å². The summed E-state index contributed by atoms with van der Waals surface area (Å²) in [5.41, 5.74) is 1.40. The van der Waals surface area contributed by atoms with Crippen molar-refractivity contribution in [2.75, 3.05) is 32.6 Å². The number of aromatic nitrogens is 2. The molecule has 1 amide bonds. The zero-order valence-electron chi connectivity index (χ0n) is 18.3. The fraction of sp³-hybridized carbons (Fsp3) is 0.455. The van der Waals surface area contributed by atoms with Gasteiger partial charge in [-0.3, -0.25) is 4.79 Å². The number of nitrogens with zero attached hydrogens (tertiary/aromatic N) is 4. The molecule has 0 saturated carbocycles. The van der Waals surface area contributed by atoms with Gasteiger partial charge in [-0.1, -0.05) is 11.6 Å². The minimum Gasteiger partial charge on any atom is -0.389 e. The number of aliphatic hydroxyl groups excluding tert-OH is 1. The molecule has 0 radical (unpaired) electrons. The summed E-state index contributed by atoms with van der Waals surface area (Å²) >= 11 is 6.51. The van der Waals surface area contributed by atoms with Gasteiger partial charge in [-0.25, -0.2) is 19.4 Å². The molecule has 170 valence electrons. The van der Waals surface area contributed by atoms with E-state index in [2.05, 4.69) is 20.3 Å². The Morgan fingerprint density at radius 2 is 2.12 bits per heavy atom. The van der Waals surface area contributed by atoms with Crippen LogP contribution in [0, 0.1) is 5.82 Å². The summed E-state index contributed by atoms with van der Waals surface area (Å²) < 4.78 is 20.0. The summed E-state index contributed by atoms with van der Waals surface area (Å²) in [6.07, 6.45) is 0.955. The van der Waals surface area contributed by atoms with Gasteiger partial charge in [0.05, 0.1) is 35.7 Å². The van der Waals surface area contributed by atoms with Crippen molar-refractivity contribution in [1.82, 2.24) is 14.9 Å². The summed E-state index contributed by atoms with van der Waals surface area (Å²) in [4.78, 5) is 27.0. The lowest BCUT2D eigenvalue weighted by Gasteiger charge is -2.28. The summed E-state index contributed by atoms with van der Waals surface area (Å²) in [6.45, 7) is 4.49. The molecule has 0 bridgehead atoms. The molecule has 2 atom stereocenters. The Balaban J connectivity index is 1.71. The summed E-state index contributed by atoms with van der Waals surface area (Å²) in [6, 6.07) is 3.05. The van der Waals surface area contributed by atoms with E-state index in [1.807, 2.05) is 13.8 Å². The van der Waals surface area contributed by atoms with Crippen LogP contribution >= 0.6 is 11.6 Å². The van der Waals surface area contributed by atoms with Crippen LogP contribution in [0.15, 0.2) is 23.3 Å². The number of anilines is 1. The molecule has 32 heavy (non-hydrogen) atoms. The smallest absolute Gasteiger partial charge is 0.268 e. The van der Waals surface area contributed by atoms with Gasteiger partial charge in [-0.2, -0.15) is 0 Å². The number of rotatable bonds is 4. The van der Waals surface area contributed by atoms with E-state index < -0.39 is 17.3 Å². The predicted octanol–water partition coefficient (Wildman–Crippen LogP) is 2.95. The molecule has 1 aromatic heterocycles. The zero-order chi connectivity index (χ0) is 23.2. The number of hydrogen-bond donors (Lipinski definition) is 2. The number of halogens is 2. The first-order valence-corrected chi connectivity index (χ1v) is 10.7. The van der Waals surface area contributed by atoms with Crippen LogP contribution in [0.3, 0.4) is 0 Å². The standard InChI is InChI=1S/C22H25ClFN5O3/c1-22(2)12-7-11(8-13(23)18(12)27-19(22)20(31)29(3)4)17-14(24)9-25-21(28-17)26-15-5-6-32-10-16(15)30/h7-9,15-16,30H,5-6,10H2,1-4H3,(H,25,26,28)/t15-,16-/m1/s1. The molecular weight excluding hydrogens is 437 g/mol. The van der Waals surface area contributed by atoms with E-state index in [9.17, 15) is 14.3 Å². The normalized spacial score (nSPS) is 21.7. The molecule has 0 spiro atoms. The van der Waals surface area contributed by atoms with E-state index in [0.717, 1.165) is 11.8 Å². The van der Waals surface area contributed by atoms with Crippen molar-refractivity contribution < 1.29 is 19.0 Å². The van der Waals surface area contributed by atoms with Gasteiger partial charge < -0.3 is 20.1 Å². The Hall–Kier alpha value is -2.62. The average Bonchev–Trinajstić information content (AvgIpc) is 3.01. The summed E-state index contributed by atoms with van der Waals surface area (Å²) in [7, 11) is 3.33. The number of aliphatic hydroxyl groups is 1. The molecule has 2 aliphatic rings. The fourth-order valence-electron chi connectivity index (χ4n) is 3.93. The number of nitrogens with one attached hydrogen (secondary N) is 1. The third-order valence-corrected chi connectivity index (χ3v) is 6.11. The lowest BCUT2D eigenvalue weighted by Crippen LogP contribution is -2.42. The molecule has 2 N–H and O–H groups in total. The van der Waals surface area contributed by atoms with Crippen LogP contribution in [0.5, 0.6) is 0 Å². The van der Waals surface area contributed by atoms with Gasteiger partial charge in [0, 0.05) is 31.7 Å². The Kier molecular flexibility index (Phi) is 5.91. The molecule has 3 heterocycles. The first-order chi connectivity index (χ1) is 15.1. The van der Waals surface area contributed by atoms with Crippen molar-refractivity contribution in [3.8, 4) is 11.3 Å². The molecule has 1 fully saturated rings. The monoisotopic (exact) mass is 461 g/mol. The highest BCUT2D eigenvalue weighted by molar-refractivity contribution is 6.45. The molecule has 4 rings (SSSR count). The third kappa shape index (κ3) is 3.96. The predicted molar refractivity (Wildman–Crippen MR) is 120 cm³/mol. The Morgan fingerprint density at radius 1 is 1.38 bits per heavy atom. The Morgan fingerprint density at radius 3 is 2.81 bits per heavy atom. The molecule has 8 nitrogen and oxygen atoms in total. The number of amides is 1.